The minimum absolute atomic E-state index is 0.112. The largest absolute Gasteiger partial charge is 0.494 e. The van der Waals surface area contributed by atoms with E-state index in [1.807, 2.05) is 6.92 Å². The average Bonchev–Trinajstić information content (AvgIpc) is 2.66. The van der Waals surface area contributed by atoms with Crippen molar-refractivity contribution in [1.82, 2.24) is 10.2 Å². The third kappa shape index (κ3) is 6.07. The van der Waals surface area contributed by atoms with Crippen molar-refractivity contribution in [3.8, 4) is 5.75 Å². The Balaban J connectivity index is 1.96. The monoisotopic (exact) mass is 385 g/mol. The fraction of sp³-hybridized carbons (Fsp3) is 0.250. The molecule has 0 spiro atoms. The molecule has 0 bridgehead atoms. The molecule has 2 N–H and O–H groups in total. The van der Waals surface area contributed by atoms with Crippen molar-refractivity contribution < 1.29 is 14.3 Å². The van der Waals surface area contributed by atoms with E-state index in [9.17, 15) is 9.59 Å². The van der Waals surface area contributed by atoms with Crippen LogP contribution < -0.4 is 15.4 Å². The van der Waals surface area contributed by atoms with Crippen LogP contribution in [0.25, 0.3) is 0 Å². The van der Waals surface area contributed by atoms with Crippen LogP contribution in [0.4, 0.5) is 5.69 Å². The smallest absolute Gasteiger partial charge is 0.257 e. The van der Waals surface area contributed by atoms with Gasteiger partial charge in [-0.3, -0.25) is 14.9 Å². The van der Waals surface area contributed by atoms with Gasteiger partial charge in [-0.15, -0.1) is 0 Å². The third-order valence-corrected chi connectivity index (χ3v) is 3.79. The van der Waals surface area contributed by atoms with Crippen molar-refractivity contribution in [2.24, 2.45) is 0 Å². The number of hydrogen-bond donors (Lipinski definition) is 2. The number of amides is 2. The van der Waals surface area contributed by atoms with Crippen molar-refractivity contribution >= 4 is 34.8 Å². The Labute approximate surface area is 164 Å². The highest BCUT2D eigenvalue weighted by Gasteiger charge is 2.11. The molecule has 0 aliphatic heterocycles. The first-order valence-corrected chi connectivity index (χ1v) is 8.98. The van der Waals surface area contributed by atoms with Gasteiger partial charge >= 0.3 is 0 Å². The van der Waals surface area contributed by atoms with E-state index in [2.05, 4.69) is 10.6 Å². The SMILES string of the molecule is CCCOc1ccc(C(=O)NC(=S)Nc2cccc(C(=O)N(C)C)c2)cc1. The second kappa shape index (κ2) is 9.68. The molecule has 2 rings (SSSR count). The van der Waals surface area contributed by atoms with Gasteiger partial charge in [0.2, 0.25) is 0 Å². The summed E-state index contributed by atoms with van der Waals surface area (Å²) >= 11 is 5.19. The molecule has 0 heterocycles. The fourth-order valence-corrected chi connectivity index (χ4v) is 2.46. The second-order valence-corrected chi connectivity index (χ2v) is 6.47. The number of benzene rings is 2. The van der Waals surface area contributed by atoms with Gasteiger partial charge in [0.15, 0.2) is 5.11 Å². The number of nitrogens with zero attached hydrogens (tertiary/aromatic N) is 1. The highest BCUT2D eigenvalue weighted by molar-refractivity contribution is 7.80. The van der Waals surface area contributed by atoms with Gasteiger partial charge < -0.3 is 15.0 Å². The quantitative estimate of drug-likeness (QED) is 0.747. The number of ether oxygens (including phenoxy) is 1. The molecule has 0 atom stereocenters. The predicted octanol–water partition coefficient (Wildman–Crippen LogP) is 3.30. The number of thiocarbonyl (C=S) groups is 1. The maximum Gasteiger partial charge on any atom is 0.257 e. The molecule has 0 aromatic heterocycles. The summed E-state index contributed by atoms with van der Waals surface area (Å²) in [5.74, 6) is 0.283. The fourth-order valence-electron chi connectivity index (χ4n) is 2.25. The lowest BCUT2D eigenvalue weighted by atomic mass is 10.2. The summed E-state index contributed by atoms with van der Waals surface area (Å²) in [7, 11) is 3.37. The number of rotatable bonds is 6. The van der Waals surface area contributed by atoms with Gasteiger partial charge in [0.1, 0.15) is 5.75 Å². The van der Waals surface area contributed by atoms with Crippen molar-refractivity contribution in [3.63, 3.8) is 0 Å². The summed E-state index contributed by atoms with van der Waals surface area (Å²) in [6.45, 7) is 2.66. The molecule has 6 nitrogen and oxygen atoms in total. The summed E-state index contributed by atoms with van der Waals surface area (Å²) in [6.07, 6.45) is 0.920. The molecule has 0 saturated heterocycles. The van der Waals surface area contributed by atoms with E-state index < -0.39 is 0 Å². The van der Waals surface area contributed by atoms with Crippen LogP contribution in [0.15, 0.2) is 48.5 Å². The standard InChI is InChI=1S/C20H23N3O3S/c1-4-12-26-17-10-8-14(9-11-17)18(24)22-20(27)21-16-7-5-6-15(13-16)19(25)23(2)3/h5-11,13H,4,12H2,1-3H3,(H2,21,22,24,27). The summed E-state index contributed by atoms with van der Waals surface area (Å²) in [6, 6.07) is 13.8. The number of hydrogen-bond acceptors (Lipinski definition) is 4. The van der Waals surface area contributed by atoms with Crippen LogP contribution in [0, 0.1) is 0 Å². The minimum atomic E-state index is -0.324. The van der Waals surface area contributed by atoms with Gasteiger partial charge in [-0.25, -0.2) is 0 Å². The Hall–Kier alpha value is -2.93. The van der Waals surface area contributed by atoms with E-state index in [0.29, 0.717) is 23.4 Å². The van der Waals surface area contributed by atoms with Crippen LogP contribution in [0.5, 0.6) is 5.75 Å². The normalized spacial score (nSPS) is 10.0. The van der Waals surface area contributed by atoms with Gasteiger partial charge in [0, 0.05) is 30.9 Å². The van der Waals surface area contributed by atoms with Crippen LogP contribution in [0.1, 0.15) is 34.1 Å². The lowest BCUT2D eigenvalue weighted by Gasteiger charge is -2.13. The van der Waals surface area contributed by atoms with E-state index >= 15 is 0 Å². The molecule has 2 aromatic rings. The second-order valence-electron chi connectivity index (χ2n) is 6.06. The Morgan fingerprint density at radius 3 is 2.41 bits per heavy atom. The molecule has 0 fully saturated rings. The van der Waals surface area contributed by atoms with Crippen LogP contribution in [0.3, 0.4) is 0 Å². The predicted molar refractivity (Wildman–Crippen MR) is 110 cm³/mol. The summed E-state index contributed by atoms with van der Waals surface area (Å²) in [4.78, 5) is 25.8. The van der Waals surface area contributed by atoms with Crippen LogP contribution in [0.2, 0.25) is 0 Å². The first kappa shape index (κ1) is 20.4. The summed E-state index contributed by atoms with van der Waals surface area (Å²) in [5, 5.41) is 5.70. The lowest BCUT2D eigenvalue weighted by Crippen LogP contribution is -2.34. The Bertz CT molecular complexity index is 819. The van der Waals surface area contributed by atoms with Crippen molar-refractivity contribution in [3.05, 3.63) is 59.7 Å². The number of nitrogens with one attached hydrogen (secondary N) is 2. The zero-order valence-corrected chi connectivity index (χ0v) is 16.4. The summed E-state index contributed by atoms with van der Waals surface area (Å²) in [5.41, 5.74) is 1.62. The van der Waals surface area contributed by atoms with Gasteiger partial charge in [-0.2, -0.15) is 0 Å². The zero-order chi connectivity index (χ0) is 19.8. The molecule has 0 unspecified atom stereocenters. The van der Waals surface area contributed by atoms with Gasteiger partial charge in [0.05, 0.1) is 6.61 Å². The molecular weight excluding hydrogens is 362 g/mol. The van der Waals surface area contributed by atoms with E-state index in [0.717, 1.165) is 12.2 Å². The van der Waals surface area contributed by atoms with Gasteiger partial charge in [-0.1, -0.05) is 13.0 Å². The summed E-state index contributed by atoms with van der Waals surface area (Å²) < 4.78 is 5.50. The van der Waals surface area contributed by atoms with Crippen LogP contribution in [-0.4, -0.2) is 42.5 Å². The van der Waals surface area contributed by atoms with Crippen molar-refractivity contribution in [2.45, 2.75) is 13.3 Å². The number of anilines is 1. The number of carbonyl (C=O) groups is 2. The highest BCUT2D eigenvalue weighted by Crippen LogP contribution is 2.14. The molecule has 2 aromatic carbocycles. The van der Waals surface area contributed by atoms with Gasteiger partial charge in [-0.05, 0) is 61.1 Å². The molecule has 142 valence electrons. The van der Waals surface area contributed by atoms with Crippen molar-refractivity contribution in [2.75, 3.05) is 26.0 Å². The highest BCUT2D eigenvalue weighted by atomic mass is 32.1. The van der Waals surface area contributed by atoms with Crippen LogP contribution >= 0.6 is 12.2 Å². The molecule has 2 amide bonds. The topological polar surface area (TPSA) is 70.7 Å². The zero-order valence-electron chi connectivity index (χ0n) is 15.6. The Kier molecular flexibility index (Phi) is 7.31. The third-order valence-electron chi connectivity index (χ3n) is 3.59. The molecule has 7 heteroatoms. The van der Waals surface area contributed by atoms with E-state index in [1.165, 1.54) is 4.90 Å². The molecule has 0 saturated carbocycles. The van der Waals surface area contributed by atoms with Crippen molar-refractivity contribution in [1.29, 1.82) is 0 Å². The van der Waals surface area contributed by atoms with E-state index in [-0.39, 0.29) is 16.9 Å². The maximum atomic E-state index is 12.3. The van der Waals surface area contributed by atoms with E-state index in [1.54, 1.807) is 62.6 Å². The lowest BCUT2D eigenvalue weighted by molar-refractivity contribution is 0.0827. The molecule has 0 aliphatic carbocycles. The molecule has 27 heavy (non-hydrogen) atoms. The van der Waals surface area contributed by atoms with Crippen LogP contribution in [-0.2, 0) is 0 Å². The Morgan fingerprint density at radius 2 is 1.78 bits per heavy atom. The minimum Gasteiger partial charge on any atom is -0.494 e. The average molecular weight is 385 g/mol. The number of carbonyl (C=O) groups excluding carboxylic acids is 2. The maximum absolute atomic E-state index is 12.3. The van der Waals surface area contributed by atoms with Gasteiger partial charge in [0.25, 0.3) is 11.8 Å². The first-order chi connectivity index (χ1) is 12.9. The molecule has 0 aliphatic rings. The molecule has 0 radical (unpaired) electrons. The Morgan fingerprint density at radius 1 is 1.07 bits per heavy atom. The molecular formula is C20H23N3O3S. The first-order valence-electron chi connectivity index (χ1n) is 8.57. The van der Waals surface area contributed by atoms with E-state index in [4.69, 9.17) is 17.0 Å².